The van der Waals surface area contributed by atoms with Crippen LogP contribution >= 0.6 is 0 Å². The highest BCUT2D eigenvalue weighted by Gasteiger charge is 2.33. The van der Waals surface area contributed by atoms with Crippen LogP contribution in [-0.4, -0.2) is 34.3 Å². The predicted molar refractivity (Wildman–Crippen MR) is 128 cm³/mol. The molecule has 1 atom stereocenters. The van der Waals surface area contributed by atoms with E-state index < -0.39 is 0 Å². The van der Waals surface area contributed by atoms with E-state index in [1.165, 1.54) is 18.4 Å². The third-order valence-electron chi connectivity index (χ3n) is 5.87. The number of benzene rings is 2. The largest absolute Gasteiger partial charge is 0.484 e. The maximum atomic E-state index is 13.6. The summed E-state index contributed by atoms with van der Waals surface area (Å²) in [6, 6.07) is 11.7. The smallest absolute Gasteiger partial charge is 0.273 e. The summed E-state index contributed by atoms with van der Waals surface area (Å²) in [4.78, 5) is 31.2. The standard InChI is InChI=1S/C27H30FN3O4/c1-16(2)27(33)31-12-11-18-7-10-21(13-22(18)25(31)19-5-8-20(28)9-6-19)34-15-24-30-23(14-35-24)26(32)29-17(3)4/h5-10,13-14,16-17,25H,11-12,15H2,1-4H3,(H,29,32)/t25-/m0/s1. The molecule has 0 saturated carbocycles. The Kier molecular flexibility index (Phi) is 7.19. The molecule has 1 aliphatic heterocycles. The molecule has 0 radical (unpaired) electrons. The molecule has 0 aliphatic carbocycles. The quantitative estimate of drug-likeness (QED) is 0.533. The first-order valence-electron chi connectivity index (χ1n) is 11.8. The van der Waals surface area contributed by atoms with Crippen LogP contribution in [0.1, 0.15) is 66.8 Å². The number of amides is 2. The molecule has 35 heavy (non-hydrogen) atoms. The minimum atomic E-state index is -0.342. The molecule has 0 saturated heterocycles. The average molecular weight is 480 g/mol. The first kappa shape index (κ1) is 24.4. The highest BCUT2D eigenvalue weighted by atomic mass is 19.1. The van der Waals surface area contributed by atoms with Gasteiger partial charge in [0.05, 0.1) is 6.04 Å². The Bertz CT molecular complexity index is 1200. The van der Waals surface area contributed by atoms with Crippen molar-refractivity contribution >= 4 is 11.8 Å². The number of rotatable bonds is 7. The molecule has 1 aromatic heterocycles. The summed E-state index contributed by atoms with van der Waals surface area (Å²) >= 11 is 0. The van der Waals surface area contributed by atoms with Gasteiger partial charge >= 0.3 is 0 Å². The molecule has 2 amide bonds. The van der Waals surface area contributed by atoms with E-state index >= 15 is 0 Å². The summed E-state index contributed by atoms with van der Waals surface area (Å²) in [5.41, 5.74) is 3.09. The van der Waals surface area contributed by atoms with E-state index in [-0.39, 0.29) is 53.8 Å². The molecular weight excluding hydrogens is 449 g/mol. The number of nitrogens with zero attached hydrogens (tertiary/aromatic N) is 2. The van der Waals surface area contributed by atoms with Gasteiger partial charge in [-0.05, 0) is 61.2 Å². The van der Waals surface area contributed by atoms with Gasteiger partial charge in [-0.1, -0.05) is 32.0 Å². The number of halogens is 1. The van der Waals surface area contributed by atoms with Gasteiger partial charge in [0.25, 0.3) is 5.91 Å². The second-order valence-electron chi connectivity index (χ2n) is 9.29. The molecule has 3 aromatic rings. The molecule has 0 spiro atoms. The molecule has 0 fully saturated rings. The Morgan fingerprint density at radius 1 is 1.17 bits per heavy atom. The zero-order valence-corrected chi connectivity index (χ0v) is 20.4. The van der Waals surface area contributed by atoms with E-state index in [2.05, 4.69) is 10.3 Å². The molecule has 2 aromatic carbocycles. The van der Waals surface area contributed by atoms with E-state index in [9.17, 15) is 14.0 Å². The minimum Gasteiger partial charge on any atom is -0.484 e. The van der Waals surface area contributed by atoms with Gasteiger partial charge in [0.1, 0.15) is 17.8 Å². The zero-order valence-electron chi connectivity index (χ0n) is 20.4. The van der Waals surface area contributed by atoms with E-state index in [0.717, 1.165) is 23.1 Å². The lowest BCUT2D eigenvalue weighted by atomic mass is 9.87. The lowest BCUT2D eigenvalue weighted by molar-refractivity contribution is -0.136. The summed E-state index contributed by atoms with van der Waals surface area (Å²) in [7, 11) is 0. The molecule has 2 heterocycles. The maximum Gasteiger partial charge on any atom is 0.273 e. The molecule has 0 bridgehead atoms. The van der Waals surface area contributed by atoms with Crippen LogP contribution in [0.2, 0.25) is 0 Å². The van der Waals surface area contributed by atoms with Gasteiger partial charge in [0.2, 0.25) is 11.8 Å². The fourth-order valence-corrected chi connectivity index (χ4v) is 4.22. The number of carbonyl (C=O) groups is 2. The van der Waals surface area contributed by atoms with E-state index in [1.807, 2.05) is 50.8 Å². The van der Waals surface area contributed by atoms with Crippen molar-refractivity contribution in [1.82, 2.24) is 15.2 Å². The normalized spacial score (nSPS) is 15.3. The Labute approximate surface area is 204 Å². The molecule has 7 nitrogen and oxygen atoms in total. The maximum absolute atomic E-state index is 13.6. The van der Waals surface area contributed by atoms with Crippen LogP contribution in [0.3, 0.4) is 0 Å². The van der Waals surface area contributed by atoms with Gasteiger partial charge in [-0.2, -0.15) is 0 Å². The van der Waals surface area contributed by atoms with Crippen LogP contribution in [0.5, 0.6) is 5.75 Å². The Hall–Kier alpha value is -3.68. The monoisotopic (exact) mass is 479 g/mol. The highest BCUT2D eigenvalue weighted by Crippen LogP contribution is 2.38. The van der Waals surface area contributed by atoms with Gasteiger partial charge < -0.3 is 19.4 Å². The number of hydrogen-bond donors (Lipinski definition) is 1. The lowest BCUT2D eigenvalue weighted by Gasteiger charge is -2.39. The number of hydrogen-bond acceptors (Lipinski definition) is 5. The summed E-state index contributed by atoms with van der Waals surface area (Å²) in [5, 5.41) is 2.77. The average Bonchev–Trinajstić information content (AvgIpc) is 3.31. The Balaban J connectivity index is 1.58. The molecule has 8 heteroatoms. The van der Waals surface area contributed by atoms with Gasteiger partial charge in [-0.15, -0.1) is 0 Å². The molecule has 1 N–H and O–H groups in total. The van der Waals surface area contributed by atoms with Crippen molar-refractivity contribution in [2.75, 3.05) is 6.54 Å². The SMILES string of the molecule is CC(C)NC(=O)c1coc(COc2ccc3c(c2)[C@H](c2ccc(F)cc2)N(C(=O)C(C)C)CC3)n1. The molecule has 0 unspecified atom stereocenters. The summed E-state index contributed by atoms with van der Waals surface area (Å²) in [6.07, 6.45) is 2.03. The van der Waals surface area contributed by atoms with Crippen molar-refractivity contribution < 1.29 is 23.1 Å². The van der Waals surface area contributed by atoms with Crippen molar-refractivity contribution in [3.05, 3.63) is 82.8 Å². The molecule has 1 aliphatic rings. The zero-order chi connectivity index (χ0) is 25.1. The van der Waals surface area contributed by atoms with Gasteiger partial charge in [0, 0.05) is 18.5 Å². The van der Waals surface area contributed by atoms with Crippen LogP contribution < -0.4 is 10.1 Å². The minimum absolute atomic E-state index is 0.00871. The second kappa shape index (κ2) is 10.3. The lowest BCUT2D eigenvalue weighted by Crippen LogP contribution is -2.42. The van der Waals surface area contributed by atoms with E-state index in [1.54, 1.807) is 12.1 Å². The number of carbonyl (C=O) groups excluding carboxylic acids is 2. The fourth-order valence-electron chi connectivity index (χ4n) is 4.22. The number of aromatic nitrogens is 1. The Morgan fingerprint density at radius 3 is 2.60 bits per heavy atom. The number of nitrogens with one attached hydrogen (secondary N) is 1. The van der Waals surface area contributed by atoms with Crippen LogP contribution in [0.25, 0.3) is 0 Å². The third-order valence-corrected chi connectivity index (χ3v) is 5.87. The Morgan fingerprint density at radius 2 is 1.91 bits per heavy atom. The molecular formula is C27H30FN3O4. The summed E-state index contributed by atoms with van der Waals surface area (Å²) < 4.78 is 25.0. The topological polar surface area (TPSA) is 84.7 Å². The van der Waals surface area contributed by atoms with Gasteiger partial charge in [-0.25, -0.2) is 9.37 Å². The molecule has 4 rings (SSSR count). The van der Waals surface area contributed by atoms with Crippen molar-refractivity contribution in [2.45, 2.75) is 52.8 Å². The van der Waals surface area contributed by atoms with Crippen molar-refractivity contribution in [3.63, 3.8) is 0 Å². The third kappa shape index (κ3) is 5.53. The van der Waals surface area contributed by atoms with Gasteiger partial charge in [0.15, 0.2) is 12.3 Å². The number of fused-ring (bicyclic) bond motifs is 1. The number of ether oxygens (including phenoxy) is 1. The van der Waals surface area contributed by atoms with Crippen LogP contribution in [0.15, 0.2) is 53.1 Å². The number of oxazole rings is 1. The summed E-state index contributed by atoms with van der Waals surface area (Å²) in [6.45, 7) is 8.13. The van der Waals surface area contributed by atoms with E-state index in [4.69, 9.17) is 9.15 Å². The second-order valence-corrected chi connectivity index (χ2v) is 9.29. The van der Waals surface area contributed by atoms with Crippen LogP contribution in [-0.2, 0) is 17.8 Å². The molecule has 184 valence electrons. The first-order valence-corrected chi connectivity index (χ1v) is 11.8. The van der Waals surface area contributed by atoms with Crippen molar-refractivity contribution in [2.24, 2.45) is 5.92 Å². The first-order chi connectivity index (χ1) is 16.7. The summed E-state index contributed by atoms with van der Waals surface area (Å²) in [5.74, 6) is 0.121. The van der Waals surface area contributed by atoms with Gasteiger partial charge in [-0.3, -0.25) is 9.59 Å². The fraction of sp³-hybridized carbons (Fsp3) is 0.370. The van der Waals surface area contributed by atoms with Crippen molar-refractivity contribution in [3.8, 4) is 5.75 Å². The van der Waals surface area contributed by atoms with Crippen LogP contribution in [0.4, 0.5) is 4.39 Å². The highest BCUT2D eigenvalue weighted by molar-refractivity contribution is 5.92. The van der Waals surface area contributed by atoms with Crippen molar-refractivity contribution in [1.29, 1.82) is 0 Å². The van der Waals surface area contributed by atoms with Crippen LogP contribution in [0, 0.1) is 11.7 Å². The van der Waals surface area contributed by atoms with E-state index in [0.29, 0.717) is 12.3 Å². The predicted octanol–water partition coefficient (Wildman–Crippen LogP) is 4.66.